The minimum Gasteiger partial charge on any atom is -0.493 e. The van der Waals surface area contributed by atoms with Gasteiger partial charge < -0.3 is 14.8 Å². The van der Waals surface area contributed by atoms with E-state index in [2.05, 4.69) is 17.4 Å². The summed E-state index contributed by atoms with van der Waals surface area (Å²) in [5, 5.41) is 3.98. The molecule has 0 radical (unpaired) electrons. The number of methoxy groups -OCH3 is 1. The van der Waals surface area contributed by atoms with Crippen molar-refractivity contribution in [2.75, 3.05) is 13.7 Å². The molecule has 3 nitrogen and oxygen atoms in total. The Hall–Kier alpha value is -2.56. The van der Waals surface area contributed by atoms with Crippen LogP contribution in [0.3, 0.4) is 0 Å². The van der Waals surface area contributed by atoms with E-state index in [4.69, 9.17) is 21.1 Å². The van der Waals surface area contributed by atoms with E-state index in [-0.39, 0.29) is 12.4 Å². The van der Waals surface area contributed by atoms with Crippen LogP contribution in [-0.2, 0) is 19.6 Å². The van der Waals surface area contributed by atoms with E-state index in [0.717, 1.165) is 18.5 Å². The summed E-state index contributed by atoms with van der Waals surface area (Å²) >= 11 is 6.42. The number of rotatable bonds is 9. The fraction of sp³-hybridized carbons (Fsp3) is 0.217. The molecule has 0 aromatic heterocycles. The molecular weight excluding hydrogens is 377 g/mol. The quantitative estimate of drug-likeness (QED) is 0.489. The molecule has 0 fully saturated rings. The second-order valence-corrected chi connectivity index (χ2v) is 6.79. The van der Waals surface area contributed by atoms with Gasteiger partial charge in [-0.15, -0.1) is 0 Å². The molecule has 0 aliphatic carbocycles. The van der Waals surface area contributed by atoms with Crippen molar-refractivity contribution < 1.29 is 13.9 Å². The molecule has 3 aromatic rings. The highest BCUT2D eigenvalue weighted by atomic mass is 35.5. The van der Waals surface area contributed by atoms with Crippen LogP contribution in [0, 0.1) is 5.82 Å². The fourth-order valence-corrected chi connectivity index (χ4v) is 3.08. The lowest BCUT2D eigenvalue weighted by Gasteiger charge is -2.14. The Morgan fingerprint density at radius 1 is 0.929 bits per heavy atom. The van der Waals surface area contributed by atoms with E-state index in [1.807, 2.05) is 24.3 Å². The third-order valence-corrected chi connectivity index (χ3v) is 4.77. The zero-order valence-electron chi connectivity index (χ0n) is 15.8. The third kappa shape index (κ3) is 5.47. The summed E-state index contributed by atoms with van der Waals surface area (Å²) in [6, 6.07) is 20.4. The van der Waals surface area contributed by atoms with E-state index in [1.165, 1.54) is 11.6 Å². The number of nitrogens with one attached hydrogen (secondary N) is 1. The SMILES string of the molecule is COc1cc(CNCCc2ccccc2)c(Cl)cc1OCc1ccccc1F. The van der Waals surface area contributed by atoms with Gasteiger partial charge in [-0.25, -0.2) is 4.39 Å². The molecule has 3 rings (SSSR count). The van der Waals surface area contributed by atoms with Gasteiger partial charge in [0.1, 0.15) is 12.4 Å². The first kappa shape index (κ1) is 20.2. The van der Waals surface area contributed by atoms with Gasteiger partial charge in [-0.2, -0.15) is 0 Å². The maximum absolute atomic E-state index is 13.8. The van der Waals surface area contributed by atoms with Gasteiger partial charge in [0.2, 0.25) is 0 Å². The Bertz CT molecular complexity index is 902. The van der Waals surface area contributed by atoms with E-state index < -0.39 is 0 Å². The van der Waals surface area contributed by atoms with Gasteiger partial charge in [0.15, 0.2) is 11.5 Å². The van der Waals surface area contributed by atoms with E-state index in [0.29, 0.717) is 28.6 Å². The van der Waals surface area contributed by atoms with E-state index in [1.54, 1.807) is 31.4 Å². The normalized spacial score (nSPS) is 10.7. The largest absolute Gasteiger partial charge is 0.493 e. The number of benzene rings is 3. The molecule has 146 valence electrons. The highest BCUT2D eigenvalue weighted by Gasteiger charge is 2.12. The maximum atomic E-state index is 13.8. The second-order valence-electron chi connectivity index (χ2n) is 6.39. The highest BCUT2D eigenvalue weighted by Crippen LogP contribution is 2.34. The van der Waals surface area contributed by atoms with E-state index >= 15 is 0 Å². The van der Waals surface area contributed by atoms with Gasteiger partial charge in [0, 0.05) is 23.2 Å². The number of halogens is 2. The predicted octanol–water partition coefficient (Wildman–Crippen LogP) is 5.40. The van der Waals surface area contributed by atoms with Crippen LogP contribution in [-0.4, -0.2) is 13.7 Å². The maximum Gasteiger partial charge on any atom is 0.163 e. The average molecular weight is 400 g/mol. The summed E-state index contributed by atoms with van der Waals surface area (Å²) in [6.07, 6.45) is 0.944. The Morgan fingerprint density at radius 3 is 2.43 bits per heavy atom. The van der Waals surface area contributed by atoms with Crippen LogP contribution >= 0.6 is 11.6 Å². The molecule has 0 unspecified atom stereocenters. The first-order valence-corrected chi connectivity index (χ1v) is 9.52. The van der Waals surface area contributed by atoms with Crippen molar-refractivity contribution in [3.63, 3.8) is 0 Å². The Balaban J connectivity index is 1.60. The van der Waals surface area contributed by atoms with Gasteiger partial charge in [-0.3, -0.25) is 0 Å². The smallest absolute Gasteiger partial charge is 0.163 e. The van der Waals surface area contributed by atoms with Gasteiger partial charge in [-0.05, 0) is 36.2 Å². The van der Waals surface area contributed by atoms with Crippen LogP contribution in [0.25, 0.3) is 0 Å². The first-order valence-electron chi connectivity index (χ1n) is 9.14. The zero-order chi connectivity index (χ0) is 19.8. The lowest BCUT2D eigenvalue weighted by Crippen LogP contribution is -2.17. The van der Waals surface area contributed by atoms with Crippen molar-refractivity contribution in [1.82, 2.24) is 5.32 Å². The van der Waals surface area contributed by atoms with Crippen molar-refractivity contribution in [2.45, 2.75) is 19.6 Å². The number of hydrogen-bond acceptors (Lipinski definition) is 3. The molecule has 0 spiro atoms. The fourth-order valence-electron chi connectivity index (χ4n) is 2.86. The summed E-state index contributed by atoms with van der Waals surface area (Å²) in [4.78, 5) is 0. The van der Waals surface area contributed by atoms with Crippen LogP contribution in [0.5, 0.6) is 11.5 Å². The molecule has 1 N–H and O–H groups in total. The molecular formula is C23H23ClFNO2. The summed E-state index contributed by atoms with van der Waals surface area (Å²) < 4.78 is 24.9. The molecule has 0 amide bonds. The van der Waals surface area contributed by atoms with Gasteiger partial charge in [0.05, 0.1) is 7.11 Å². The van der Waals surface area contributed by atoms with Crippen LogP contribution in [0.15, 0.2) is 66.7 Å². The van der Waals surface area contributed by atoms with Gasteiger partial charge in [0.25, 0.3) is 0 Å². The monoisotopic (exact) mass is 399 g/mol. The van der Waals surface area contributed by atoms with Crippen LogP contribution in [0.1, 0.15) is 16.7 Å². The standard InChI is InChI=1S/C23H23ClFNO2/c1-27-22-13-19(15-26-12-11-17-7-3-2-4-8-17)20(24)14-23(22)28-16-18-9-5-6-10-21(18)25/h2-10,13-14,26H,11-12,15-16H2,1H3. The first-order chi connectivity index (χ1) is 13.7. The second kappa shape index (κ2) is 10.1. The Labute approximate surface area is 170 Å². The minimum absolute atomic E-state index is 0.105. The number of ether oxygens (including phenoxy) is 2. The average Bonchev–Trinajstić information content (AvgIpc) is 2.72. The van der Waals surface area contributed by atoms with Crippen molar-refractivity contribution >= 4 is 11.6 Å². The van der Waals surface area contributed by atoms with Crippen molar-refractivity contribution in [3.05, 3.63) is 94.3 Å². The zero-order valence-corrected chi connectivity index (χ0v) is 16.5. The molecule has 0 aliphatic rings. The summed E-state index contributed by atoms with van der Waals surface area (Å²) in [7, 11) is 1.58. The molecule has 5 heteroatoms. The molecule has 0 bridgehead atoms. The van der Waals surface area contributed by atoms with Crippen LogP contribution in [0.2, 0.25) is 5.02 Å². The van der Waals surface area contributed by atoms with Crippen molar-refractivity contribution in [1.29, 1.82) is 0 Å². The lowest BCUT2D eigenvalue weighted by molar-refractivity contribution is 0.279. The molecule has 3 aromatic carbocycles. The van der Waals surface area contributed by atoms with Gasteiger partial charge in [-0.1, -0.05) is 60.1 Å². The summed E-state index contributed by atoms with van der Waals surface area (Å²) in [5.74, 6) is 0.760. The van der Waals surface area contributed by atoms with Crippen LogP contribution in [0.4, 0.5) is 4.39 Å². The predicted molar refractivity (Wildman–Crippen MR) is 111 cm³/mol. The molecule has 0 saturated carbocycles. The molecule has 28 heavy (non-hydrogen) atoms. The topological polar surface area (TPSA) is 30.5 Å². The highest BCUT2D eigenvalue weighted by molar-refractivity contribution is 6.31. The molecule has 0 heterocycles. The lowest BCUT2D eigenvalue weighted by atomic mass is 10.1. The molecule has 0 atom stereocenters. The van der Waals surface area contributed by atoms with Crippen molar-refractivity contribution in [3.8, 4) is 11.5 Å². The molecule has 0 saturated heterocycles. The Kier molecular flexibility index (Phi) is 7.29. The third-order valence-electron chi connectivity index (χ3n) is 4.42. The summed E-state index contributed by atoms with van der Waals surface area (Å²) in [5.41, 5.74) is 2.69. The van der Waals surface area contributed by atoms with Crippen molar-refractivity contribution in [2.24, 2.45) is 0 Å². The Morgan fingerprint density at radius 2 is 1.68 bits per heavy atom. The minimum atomic E-state index is -0.299. The van der Waals surface area contributed by atoms with Gasteiger partial charge >= 0.3 is 0 Å². The summed E-state index contributed by atoms with van der Waals surface area (Å²) in [6.45, 7) is 1.57. The molecule has 0 aliphatic heterocycles. The van der Waals surface area contributed by atoms with Crippen LogP contribution < -0.4 is 14.8 Å². The van der Waals surface area contributed by atoms with E-state index in [9.17, 15) is 4.39 Å². The number of hydrogen-bond donors (Lipinski definition) is 1.